The molecule has 1 atom stereocenters. The molecule has 2 rings (SSSR count). The van der Waals surface area contributed by atoms with Crippen LogP contribution in [0.15, 0.2) is 6.07 Å². The number of carbonyl (C=O) groups is 1. The molecule has 0 radical (unpaired) electrons. The van der Waals surface area contributed by atoms with E-state index < -0.39 is 17.8 Å². The van der Waals surface area contributed by atoms with Gasteiger partial charge in [0.25, 0.3) is 0 Å². The number of carboxylic acids is 1. The lowest BCUT2D eigenvalue weighted by Gasteiger charge is -2.15. The van der Waals surface area contributed by atoms with Crippen molar-refractivity contribution in [2.24, 2.45) is 0 Å². The van der Waals surface area contributed by atoms with Crippen LogP contribution in [-0.4, -0.2) is 45.4 Å². The number of aryl methyl sites for hydroxylation is 1. The summed E-state index contributed by atoms with van der Waals surface area (Å²) in [4.78, 5) is 12.3. The van der Waals surface area contributed by atoms with Crippen LogP contribution >= 0.6 is 0 Å². The Hall–Kier alpha value is -1.57. The summed E-state index contributed by atoms with van der Waals surface area (Å²) in [5, 5.41) is 12.3. The fourth-order valence-electron chi connectivity index (χ4n) is 2.34. The molecule has 1 aromatic rings. The molecule has 106 valence electrons. The number of alkyl halides is 3. The van der Waals surface area contributed by atoms with Crippen molar-refractivity contribution in [1.82, 2.24) is 14.7 Å². The lowest BCUT2D eigenvalue weighted by molar-refractivity contribution is -0.141. The second kappa shape index (κ2) is 4.84. The van der Waals surface area contributed by atoms with Crippen LogP contribution < -0.4 is 0 Å². The van der Waals surface area contributed by atoms with Crippen LogP contribution in [-0.2, 0) is 11.0 Å². The van der Waals surface area contributed by atoms with E-state index in [0.717, 1.165) is 6.07 Å². The summed E-state index contributed by atoms with van der Waals surface area (Å²) in [6.45, 7) is 2.44. The van der Waals surface area contributed by atoms with E-state index in [4.69, 9.17) is 5.11 Å². The van der Waals surface area contributed by atoms with Gasteiger partial charge in [0, 0.05) is 18.8 Å². The third kappa shape index (κ3) is 3.06. The lowest BCUT2D eigenvalue weighted by atomic mass is 10.2. The molecular weight excluding hydrogens is 263 g/mol. The van der Waals surface area contributed by atoms with Crippen molar-refractivity contribution in [3.05, 3.63) is 17.5 Å². The summed E-state index contributed by atoms with van der Waals surface area (Å²) in [5.41, 5.74) is -0.462. The number of rotatable bonds is 3. The van der Waals surface area contributed by atoms with Crippen LogP contribution in [0.4, 0.5) is 13.2 Å². The van der Waals surface area contributed by atoms with Gasteiger partial charge in [0.15, 0.2) is 5.69 Å². The number of aliphatic carboxylic acids is 1. The summed E-state index contributed by atoms with van der Waals surface area (Å²) in [6, 6.07) is 0.815. The molecule has 2 heterocycles. The lowest BCUT2D eigenvalue weighted by Crippen LogP contribution is -2.28. The Morgan fingerprint density at radius 2 is 2.26 bits per heavy atom. The monoisotopic (exact) mass is 277 g/mol. The summed E-state index contributed by atoms with van der Waals surface area (Å²) in [6.07, 6.45) is -3.84. The molecule has 0 aliphatic carbocycles. The molecular formula is C11H14F3N3O2. The highest BCUT2D eigenvalue weighted by Gasteiger charge is 2.36. The third-order valence-corrected chi connectivity index (χ3v) is 3.17. The first kappa shape index (κ1) is 13.9. The molecule has 0 saturated carbocycles. The smallest absolute Gasteiger partial charge is 0.435 e. The molecule has 1 saturated heterocycles. The molecule has 0 bridgehead atoms. The van der Waals surface area contributed by atoms with Gasteiger partial charge >= 0.3 is 12.1 Å². The Morgan fingerprint density at radius 3 is 2.79 bits per heavy atom. The molecule has 5 nitrogen and oxygen atoms in total. The number of likely N-dealkylation sites (tertiary alicyclic amines) is 1. The standard InChI is InChI=1S/C11H14F3N3O2/c1-7-4-9(11(12,13)14)15-17(7)8-2-3-16(5-8)6-10(18)19/h4,8H,2-3,5-6H2,1H3,(H,18,19). The first-order valence-corrected chi connectivity index (χ1v) is 5.85. The van der Waals surface area contributed by atoms with Crippen molar-refractivity contribution in [3.8, 4) is 0 Å². The molecule has 1 N–H and O–H groups in total. The van der Waals surface area contributed by atoms with E-state index in [-0.39, 0.29) is 12.6 Å². The summed E-state index contributed by atoms with van der Waals surface area (Å²) >= 11 is 0. The van der Waals surface area contributed by atoms with Gasteiger partial charge in [-0.15, -0.1) is 0 Å². The second-order valence-corrected chi connectivity index (χ2v) is 4.68. The number of hydrogen-bond donors (Lipinski definition) is 1. The SMILES string of the molecule is Cc1cc(C(F)(F)F)nn1C1CCN(CC(=O)O)C1. The molecule has 1 aromatic heterocycles. The van der Waals surface area contributed by atoms with E-state index >= 15 is 0 Å². The summed E-state index contributed by atoms with van der Waals surface area (Å²) in [7, 11) is 0. The Labute approximate surface area is 107 Å². The first-order valence-electron chi connectivity index (χ1n) is 5.85. The molecule has 1 aliphatic rings. The molecule has 1 unspecified atom stereocenters. The average molecular weight is 277 g/mol. The van der Waals surface area contributed by atoms with Gasteiger partial charge in [0.05, 0.1) is 12.6 Å². The van der Waals surface area contributed by atoms with E-state index in [1.807, 2.05) is 0 Å². The van der Waals surface area contributed by atoms with Crippen molar-refractivity contribution in [3.63, 3.8) is 0 Å². The molecule has 0 spiro atoms. The van der Waals surface area contributed by atoms with E-state index in [1.165, 1.54) is 4.68 Å². The maximum absolute atomic E-state index is 12.6. The molecule has 8 heteroatoms. The highest BCUT2D eigenvalue weighted by atomic mass is 19.4. The van der Waals surface area contributed by atoms with Crippen LogP contribution in [0.2, 0.25) is 0 Å². The van der Waals surface area contributed by atoms with Crippen LogP contribution in [0.3, 0.4) is 0 Å². The van der Waals surface area contributed by atoms with E-state index in [1.54, 1.807) is 11.8 Å². The topological polar surface area (TPSA) is 58.4 Å². The summed E-state index contributed by atoms with van der Waals surface area (Å²) in [5.74, 6) is -0.936. The van der Waals surface area contributed by atoms with E-state index in [9.17, 15) is 18.0 Å². The first-order chi connectivity index (χ1) is 8.77. The van der Waals surface area contributed by atoms with Crippen LogP contribution in [0, 0.1) is 6.92 Å². The number of carboxylic acid groups (broad SMARTS) is 1. The quantitative estimate of drug-likeness (QED) is 0.910. The maximum atomic E-state index is 12.6. The molecule has 1 aliphatic heterocycles. The van der Waals surface area contributed by atoms with Gasteiger partial charge in [-0.3, -0.25) is 14.4 Å². The van der Waals surface area contributed by atoms with Gasteiger partial charge in [-0.25, -0.2) is 0 Å². The van der Waals surface area contributed by atoms with E-state index in [0.29, 0.717) is 25.2 Å². The number of halogens is 3. The van der Waals surface area contributed by atoms with E-state index in [2.05, 4.69) is 5.10 Å². The molecule has 19 heavy (non-hydrogen) atoms. The van der Waals surface area contributed by atoms with Gasteiger partial charge in [0.1, 0.15) is 0 Å². The average Bonchev–Trinajstić information content (AvgIpc) is 2.82. The van der Waals surface area contributed by atoms with Crippen molar-refractivity contribution < 1.29 is 23.1 Å². The Morgan fingerprint density at radius 1 is 1.58 bits per heavy atom. The summed E-state index contributed by atoms with van der Waals surface area (Å²) < 4.78 is 39.0. The predicted octanol–water partition coefficient (Wildman–Crippen LogP) is 1.54. The van der Waals surface area contributed by atoms with Crippen molar-refractivity contribution in [2.75, 3.05) is 19.6 Å². The Balaban J connectivity index is 2.11. The highest BCUT2D eigenvalue weighted by molar-refractivity contribution is 5.69. The fraction of sp³-hybridized carbons (Fsp3) is 0.636. The van der Waals surface area contributed by atoms with Gasteiger partial charge in [-0.1, -0.05) is 0 Å². The zero-order valence-electron chi connectivity index (χ0n) is 10.3. The van der Waals surface area contributed by atoms with Crippen molar-refractivity contribution in [2.45, 2.75) is 25.6 Å². The largest absolute Gasteiger partial charge is 0.480 e. The highest BCUT2D eigenvalue weighted by Crippen LogP contribution is 2.30. The molecule has 0 amide bonds. The van der Waals surface area contributed by atoms with Crippen LogP contribution in [0.25, 0.3) is 0 Å². The third-order valence-electron chi connectivity index (χ3n) is 3.17. The van der Waals surface area contributed by atoms with Gasteiger partial charge in [-0.2, -0.15) is 18.3 Å². The Bertz CT molecular complexity index is 484. The van der Waals surface area contributed by atoms with Gasteiger partial charge in [-0.05, 0) is 19.4 Å². The predicted molar refractivity (Wildman–Crippen MR) is 59.7 cm³/mol. The zero-order valence-corrected chi connectivity index (χ0v) is 10.3. The molecule has 1 fully saturated rings. The number of hydrogen-bond acceptors (Lipinski definition) is 3. The fourth-order valence-corrected chi connectivity index (χ4v) is 2.34. The molecule has 0 aromatic carbocycles. The normalized spacial score (nSPS) is 20.9. The second-order valence-electron chi connectivity index (χ2n) is 4.68. The Kier molecular flexibility index (Phi) is 3.53. The van der Waals surface area contributed by atoms with Crippen LogP contribution in [0.1, 0.15) is 23.9 Å². The van der Waals surface area contributed by atoms with Gasteiger partial charge < -0.3 is 5.11 Å². The maximum Gasteiger partial charge on any atom is 0.435 e. The van der Waals surface area contributed by atoms with Gasteiger partial charge in [0.2, 0.25) is 0 Å². The van der Waals surface area contributed by atoms with Crippen molar-refractivity contribution in [1.29, 1.82) is 0 Å². The van der Waals surface area contributed by atoms with Crippen LogP contribution in [0.5, 0.6) is 0 Å². The minimum atomic E-state index is -4.45. The van der Waals surface area contributed by atoms with Crippen molar-refractivity contribution >= 4 is 5.97 Å². The minimum Gasteiger partial charge on any atom is -0.480 e. The number of aromatic nitrogens is 2. The zero-order chi connectivity index (χ0) is 14.2. The minimum absolute atomic E-state index is 0.0943. The number of nitrogens with zero attached hydrogens (tertiary/aromatic N) is 3.